The van der Waals surface area contributed by atoms with Crippen molar-refractivity contribution in [2.45, 2.75) is 25.2 Å². The highest BCUT2D eigenvalue weighted by molar-refractivity contribution is 7.93. The predicted octanol–water partition coefficient (Wildman–Crippen LogP) is 7.94. The standard InChI is InChI=1S/C25H23Cl4N2O6PS/c1-3-36-38(33,37-4-2)15-30(39(34,35)20-13-17(26)12-18(27)14-20)19-8-9-23-16(10-19)11-24(32)31(23)25-21(28)6-5-7-22(25)29/h5-10,12-14H,3-4,11,15H2,1-2H3. The third-order valence-corrected chi connectivity index (χ3v) is 10.6. The minimum Gasteiger partial charge on any atom is -0.308 e. The monoisotopic (exact) mass is 650 g/mol. The first-order valence-corrected chi connectivity index (χ1v) is 16.3. The van der Waals surface area contributed by atoms with Gasteiger partial charge in [0.25, 0.3) is 10.0 Å². The molecule has 8 nitrogen and oxygen atoms in total. The first-order chi connectivity index (χ1) is 18.4. The summed E-state index contributed by atoms with van der Waals surface area (Å²) in [6, 6.07) is 13.4. The number of carbonyl (C=O) groups excluding carboxylic acids is 1. The largest absolute Gasteiger partial charge is 0.350 e. The number of para-hydroxylation sites is 1. The molecule has 1 amide bonds. The van der Waals surface area contributed by atoms with E-state index >= 15 is 0 Å². The molecule has 0 saturated heterocycles. The van der Waals surface area contributed by atoms with Gasteiger partial charge in [-0.05, 0) is 67.9 Å². The second-order valence-electron chi connectivity index (χ2n) is 8.34. The number of fused-ring (bicyclic) bond motifs is 1. The van der Waals surface area contributed by atoms with E-state index in [4.69, 9.17) is 55.5 Å². The van der Waals surface area contributed by atoms with Crippen molar-refractivity contribution < 1.29 is 26.8 Å². The Labute approximate surface area is 246 Å². The molecule has 0 bridgehead atoms. The number of nitrogens with zero attached hydrogens (tertiary/aromatic N) is 2. The second kappa shape index (κ2) is 12.0. The van der Waals surface area contributed by atoms with Crippen molar-refractivity contribution in [3.8, 4) is 0 Å². The molecular weight excluding hydrogens is 629 g/mol. The SMILES string of the molecule is CCOP(=O)(CN(c1ccc2c(c1)CC(=O)N2c1c(Cl)cccc1Cl)S(=O)(=O)c1cc(Cl)cc(Cl)c1)OCC. The van der Waals surface area contributed by atoms with Gasteiger partial charge in [0.1, 0.15) is 6.29 Å². The Bertz CT molecular complexity index is 1540. The van der Waals surface area contributed by atoms with Gasteiger partial charge in [0.15, 0.2) is 0 Å². The predicted molar refractivity (Wildman–Crippen MR) is 156 cm³/mol. The van der Waals surface area contributed by atoms with Gasteiger partial charge in [-0.2, -0.15) is 0 Å². The molecule has 0 radical (unpaired) electrons. The van der Waals surface area contributed by atoms with Crippen molar-refractivity contribution in [1.82, 2.24) is 0 Å². The normalized spacial score (nSPS) is 13.6. The lowest BCUT2D eigenvalue weighted by atomic mass is 10.1. The van der Waals surface area contributed by atoms with E-state index in [1.165, 1.54) is 35.2 Å². The number of amides is 1. The van der Waals surface area contributed by atoms with E-state index in [0.717, 1.165) is 4.31 Å². The first kappa shape index (κ1) is 30.2. The molecule has 14 heteroatoms. The summed E-state index contributed by atoms with van der Waals surface area (Å²) in [5.74, 6) is -0.303. The summed E-state index contributed by atoms with van der Waals surface area (Å²) in [6.07, 6.45) is -0.676. The Morgan fingerprint density at radius 1 is 0.923 bits per heavy atom. The summed E-state index contributed by atoms with van der Waals surface area (Å²) in [7, 11) is -8.31. The lowest BCUT2D eigenvalue weighted by Gasteiger charge is -2.29. The van der Waals surface area contributed by atoms with Crippen LogP contribution in [-0.4, -0.2) is 33.8 Å². The van der Waals surface area contributed by atoms with Gasteiger partial charge in [0, 0.05) is 10.0 Å². The molecule has 3 aromatic rings. The quantitative estimate of drug-likeness (QED) is 0.207. The van der Waals surface area contributed by atoms with Crippen molar-refractivity contribution in [3.05, 3.63) is 80.3 Å². The highest BCUT2D eigenvalue weighted by Crippen LogP contribution is 2.51. The summed E-state index contributed by atoms with van der Waals surface area (Å²) in [5, 5.41) is 0.768. The molecule has 1 heterocycles. The summed E-state index contributed by atoms with van der Waals surface area (Å²) in [5.41, 5.74) is 1.46. The number of benzene rings is 3. The highest BCUT2D eigenvalue weighted by atomic mass is 35.5. The molecule has 1 aliphatic rings. The maximum absolute atomic E-state index is 13.9. The van der Waals surface area contributed by atoms with Crippen LogP contribution in [0.5, 0.6) is 0 Å². The van der Waals surface area contributed by atoms with E-state index < -0.39 is 23.9 Å². The number of anilines is 3. The summed E-state index contributed by atoms with van der Waals surface area (Å²) >= 11 is 24.9. The number of rotatable bonds is 10. The Morgan fingerprint density at radius 3 is 2.08 bits per heavy atom. The van der Waals surface area contributed by atoms with Gasteiger partial charge < -0.3 is 9.05 Å². The Morgan fingerprint density at radius 2 is 1.51 bits per heavy atom. The minimum atomic E-state index is -4.39. The summed E-state index contributed by atoms with van der Waals surface area (Å²) < 4.78 is 53.1. The molecule has 0 saturated carbocycles. The molecule has 3 aromatic carbocycles. The molecule has 0 aliphatic carbocycles. The van der Waals surface area contributed by atoms with Crippen molar-refractivity contribution in [3.63, 3.8) is 0 Å². The van der Waals surface area contributed by atoms with Crippen LogP contribution >= 0.6 is 54.0 Å². The zero-order valence-corrected chi connectivity index (χ0v) is 25.5. The average molecular weight is 652 g/mol. The number of sulfonamides is 1. The summed E-state index contributed by atoms with van der Waals surface area (Å²) in [4.78, 5) is 14.2. The van der Waals surface area contributed by atoms with E-state index in [1.54, 1.807) is 38.1 Å². The fraction of sp³-hybridized carbons (Fsp3) is 0.240. The molecule has 208 valence electrons. The van der Waals surface area contributed by atoms with E-state index in [1.807, 2.05) is 0 Å². The Hall–Kier alpha value is -1.81. The van der Waals surface area contributed by atoms with Crippen LogP contribution in [0.15, 0.2) is 59.5 Å². The molecule has 4 rings (SSSR count). The van der Waals surface area contributed by atoms with Crippen molar-refractivity contribution in [1.29, 1.82) is 0 Å². The van der Waals surface area contributed by atoms with Crippen LogP contribution in [0.3, 0.4) is 0 Å². The van der Waals surface area contributed by atoms with Gasteiger partial charge in [-0.15, -0.1) is 0 Å². The molecule has 0 spiro atoms. The molecular formula is C25H23Cl4N2O6PS. The van der Waals surface area contributed by atoms with Crippen molar-refractivity contribution in [2.75, 3.05) is 28.7 Å². The third kappa shape index (κ3) is 6.26. The van der Waals surface area contributed by atoms with Gasteiger partial charge in [0.2, 0.25) is 5.91 Å². The number of hydrogen-bond donors (Lipinski definition) is 0. The van der Waals surface area contributed by atoms with Crippen LogP contribution in [0.4, 0.5) is 17.1 Å². The van der Waals surface area contributed by atoms with Crippen LogP contribution in [-0.2, 0) is 34.9 Å². The maximum Gasteiger partial charge on any atom is 0.350 e. The lowest BCUT2D eigenvalue weighted by Crippen LogP contribution is -2.33. The van der Waals surface area contributed by atoms with Crippen LogP contribution in [0, 0.1) is 0 Å². The molecule has 0 unspecified atom stereocenters. The third-order valence-electron chi connectivity index (χ3n) is 5.72. The number of carbonyl (C=O) groups is 1. The van der Waals surface area contributed by atoms with E-state index in [9.17, 15) is 17.8 Å². The van der Waals surface area contributed by atoms with E-state index in [-0.39, 0.29) is 56.2 Å². The van der Waals surface area contributed by atoms with Gasteiger partial charge in [-0.25, -0.2) is 8.42 Å². The van der Waals surface area contributed by atoms with Crippen LogP contribution in [0.1, 0.15) is 19.4 Å². The van der Waals surface area contributed by atoms with Crippen LogP contribution in [0.25, 0.3) is 0 Å². The van der Waals surface area contributed by atoms with E-state index in [0.29, 0.717) is 16.9 Å². The molecule has 0 aromatic heterocycles. The smallest absolute Gasteiger partial charge is 0.308 e. The average Bonchev–Trinajstić information content (AvgIpc) is 3.17. The Kier molecular flexibility index (Phi) is 9.25. The zero-order valence-electron chi connectivity index (χ0n) is 20.7. The molecule has 0 N–H and O–H groups in total. The zero-order chi connectivity index (χ0) is 28.5. The molecule has 39 heavy (non-hydrogen) atoms. The van der Waals surface area contributed by atoms with Crippen LogP contribution in [0.2, 0.25) is 20.1 Å². The first-order valence-electron chi connectivity index (χ1n) is 11.7. The minimum absolute atomic E-state index is 0.0282. The van der Waals surface area contributed by atoms with Gasteiger partial charge >= 0.3 is 7.60 Å². The van der Waals surface area contributed by atoms with Gasteiger partial charge in [-0.3, -0.25) is 18.6 Å². The van der Waals surface area contributed by atoms with Crippen molar-refractivity contribution >= 4 is 87.0 Å². The van der Waals surface area contributed by atoms with E-state index in [2.05, 4.69) is 0 Å². The second-order valence-corrected chi connectivity index (χ2v) is 13.9. The number of hydrogen-bond acceptors (Lipinski definition) is 6. The topological polar surface area (TPSA) is 93.2 Å². The maximum atomic E-state index is 13.9. The Balaban J connectivity index is 1.85. The van der Waals surface area contributed by atoms with Crippen molar-refractivity contribution in [2.24, 2.45) is 0 Å². The summed E-state index contributed by atoms with van der Waals surface area (Å²) in [6.45, 7) is 3.30. The number of halogens is 4. The fourth-order valence-corrected chi connectivity index (χ4v) is 9.14. The fourth-order valence-electron chi connectivity index (χ4n) is 4.18. The molecule has 0 fully saturated rings. The van der Waals surface area contributed by atoms with Gasteiger partial charge in [0.05, 0.1) is 51.6 Å². The lowest BCUT2D eigenvalue weighted by molar-refractivity contribution is -0.116. The van der Waals surface area contributed by atoms with Crippen LogP contribution < -0.4 is 9.21 Å². The molecule has 1 aliphatic heterocycles. The molecule has 0 atom stereocenters. The highest BCUT2D eigenvalue weighted by Gasteiger charge is 2.37. The van der Waals surface area contributed by atoms with Gasteiger partial charge in [-0.1, -0.05) is 52.5 Å².